The van der Waals surface area contributed by atoms with E-state index in [1.54, 1.807) is 8.61 Å². The highest BCUT2D eigenvalue weighted by atomic mass is 32.2. The van der Waals surface area contributed by atoms with E-state index < -0.39 is 20.4 Å². The third kappa shape index (κ3) is 5.89. The summed E-state index contributed by atoms with van der Waals surface area (Å²) < 4.78 is 59.4. The Bertz CT molecular complexity index is 658. The Labute approximate surface area is 170 Å². The third-order valence-electron chi connectivity index (χ3n) is 6.28. The fourth-order valence-electron chi connectivity index (χ4n) is 4.63. The lowest BCUT2D eigenvalue weighted by molar-refractivity contribution is 0.267. The molecule has 3 fully saturated rings. The molecule has 2 N–H and O–H groups in total. The van der Waals surface area contributed by atoms with Gasteiger partial charge in [-0.1, -0.05) is 13.8 Å². The average molecular weight is 437 g/mol. The van der Waals surface area contributed by atoms with Gasteiger partial charge in [-0.05, 0) is 63.2 Å². The standard InChI is InChI=1S/C18H36N4O4S2/c1-15-5-3-11-21(13-15)27(23,24)19-17-7-9-18(10-8-17)20-28(25,26)22-12-4-6-16(2)14-22/h15-20H,3-14H2,1-2H3. The summed E-state index contributed by atoms with van der Waals surface area (Å²) in [5, 5.41) is 0. The smallest absolute Gasteiger partial charge is 0.199 e. The Morgan fingerprint density at radius 1 is 0.643 bits per heavy atom. The predicted molar refractivity (Wildman–Crippen MR) is 110 cm³/mol. The summed E-state index contributed by atoms with van der Waals surface area (Å²) in [6.45, 7) is 6.51. The highest BCUT2D eigenvalue weighted by Gasteiger charge is 2.33. The summed E-state index contributed by atoms with van der Waals surface area (Å²) in [4.78, 5) is 0. The maximum Gasteiger partial charge on any atom is 0.279 e. The Hall–Kier alpha value is -0.260. The van der Waals surface area contributed by atoms with E-state index in [0.29, 0.717) is 63.7 Å². The molecule has 0 radical (unpaired) electrons. The average Bonchev–Trinajstić information content (AvgIpc) is 2.63. The highest BCUT2D eigenvalue weighted by Crippen LogP contribution is 2.24. The molecule has 10 heteroatoms. The van der Waals surface area contributed by atoms with Gasteiger partial charge in [0, 0.05) is 38.3 Å². The zero-order valence-corrected chi connectivity index (χ0v) is 18.8. The first-order valence-corrected chi connectivity index (χ1v) is 13.6. The molecule has 1 aliphatic carbocycles. The van der Waals surface area contributed by atoms with Crippen LogP contribution in [-0.4, -0.2) is 63.7 Å². The quantitative estimate of drug-likeness (QED) is 0.658. The van der Waals surface area contributed by atoms with Gasteiger partial charge in [0.2, 0.25) is 0 Å². The molecule has 164 valence electrons. The van der Waals surface area contributed by atoms with E-state index in [0.717, 1.165) is 25.7 Å². The van der Waals surface area contributed by atoms with Crippen molar-refractivity contribution in [3.63, 3.8) is 0 Å². The van der Waals surface area contributed by atoms with E-state index in [1.165, 1.54) is 0 Å². The number of rotatable bonds is 6. The van der Waals surface area contributed by atoms with Crippen LogP contribution in [0.2, 0.25) is 0 Å². The Kier molecular flexibility index (Phi) is 7.42. The summed E-state index contributed by atoms with van der Waals surface area (Å²) in [6.07, 6.45) is 6.61. The van der Waals surface area contributed by atoms with Crippen molar-refractivity contribution in [2.45, 2.75) is 77.3 Å². The molecule has 3 aliphatic rings. The maximum absolute atomic E-state index is 12.6. The van der Waals surface area contributed by atoms with Crippen molar-refractivity contribution < 1.29 is 16.8 Å². The second kappa shape index (κ2) is 9.26. The first-order valence-electron chi connectivity index (χ1n) is 10.7. The minimum absolute atomic E-state index is 0.113. The van der Waals surface area contributed by atoms with Crippen molar-refractivity contribution in [2.75, 3.05) is 26.2 Å². The van der Waals surface area contributed by atoms with E-state index in [4.69, 9.17) is 0 Å². The number of nitrogens with zero attached hydrogens (tertiary/aromatic N) is 2. The molecule has 2 heterocycles. The molecule has 2 aliphatic heterocycles. The molecule has 0 aromatic heterocycles. The van der Waals surface area contributed by atoms with Crippen LogP contribution in [-0.2, 0) is 20.4 Å². The summed E-state index contributed by atoms with van der Waals surface area (Å²) in [6, 6.07) is -0.226. The lowest BCUT2D eigenvalue weighted by atomic mass is 9.92. The largest absolute Gasteiger partial charge is 0.279 e. The van der Waals surface area contributed by atoms with Crippen LogP contribution in [0.5, 0.6) is 0 Å². The Balaban J connectivity index is 1.47. The number of hydrogen-bond acceptors (Lipinski definition) is 4. The normalized spacial score (nSPS) is 34.4. The van der Waals surface area contributed by atoms with Crippen LogP contribution in [0, 0.1) is 11.8 Å². The van der Waals surface area contributed by atoms with Crippen LogP contribution < -0.4 is 9.44 Å². The molecule has 2 unspecified atom stereocenters. The topological polar surface area (TPSA) is 98.8 Å². The lowest BCUT2D eigenvalue weighted by Gasteiger charge is -2.35. The summed E-state index contributed by atoms with van der Waals surface area (Å²) in [5.74, 6) is 0.793. The van der Waals surface area contributed by atoms with Gasteiger partial charge >= 0.3 is 0 Å². The highest BCUT2D eigenvalue weighted by molar-refractivity contribution is 7.87. The zero-order valence-electron chi connectivity index (χ0n) is 17.1. The van der Waals surface area contributed by atoms with Crippen LogP contribution in [0.3, 0.4) is 0 Å². The Morgan fingerprint density at radius 2 is 1.00 bits per heavy atom. The summed E-state index contributed by atoms with van der Waals surface area (Å²) in [7, 11) is -6.91. The fraction of sp³-hybridized carbons (Fsp3) is 1.00. The monoisotopic (exact) mass is 436 g/mol. The minimum atomic E-state index is -3.46. The lowest BCUT2D eigenvalue weighted by Crippen LogP contribution is -2.52. The van der Waals surface area contributed by atoms with E-state index in [2.05, 4.69) is 23.3 Å². The van der Waals surface area contributed by atoms with Crippen LogP contribution in [0.1, 0.15) is 65.2 Å². The molecule has 28 heavy (non-hydrogen) atoms. The van der Waals surface area contributed by atoms with Crippen molar-refractivity contribution >= 4 is 20.4 Å². The van der Waals surface area contributed by atoms with E-state index in [1.807, 2.05) is 0 Å². The summed E-state index contributed by atoms with van der Waals surface area (Å²) >= 11 is 0. The Morgan fingerprint density at radius 3 is 1.32 bits per heavy atom. The molecular formula is C18H36N4O4S2. The molecule has 0 aromatic rings. The van der Waals surface area contributed by atoms with Gasteiger partial charge in [0.05, 0.1) is 0 Å². The van der Waals surface area contributed by atoms with Gasteiger partial charge in [0.25, 0.3) is 20.4 Å². The third-order valence-corrected chi connectivity index (χ3v) is 9.56. The molecule has 0 spiro atoms. The minimum Gasteiger partial charge on any atom is -0.199 e. The molecule has 1 saturated carbocycles. The van der Waals surface area contributed by atoms with Crippen molar-refractivity contribution in [1.29, 1.82) is 0 Å². The molecular weight excluding hydrogens is 400 g/mol. The zero-order chi connectivity index (χ0) is 20.4. The molecule has 3 rings (SSSR count). The summed E-state index contributed by atoms with van der Waals surface area (Å²) in [5.41, 5.74) is 0. The van der Waals surface area contributed by atoms with Gasteiger partial charge < -0.3 is 0 Å². The van der Waals surface area contributed by atoms with Gasteiger partial charge in [0.1, 0.15) is 0 Å². The molecule has 2 atom stereocenters. The molecule has 8 nitrogen and oxygen atoms in total. The van der Waals surface area contributed by atoms with Crippen LogP contribution in [0.25, 0.3) is 0 Å². The van der Waals surface area contributed by atoms with Crippen LogP contribution in [0.4, 0.5) is 0 Å². The van der Waals surface area contributed by atoms with Crippen molar-refractivity contribution in [2.24, 2.45) is 11.8 Å². The van der Waals surface area contributed by atoms with Crippen molar-refractivity contribution in [3.8, 4) is 0 Å². The maximum atomic E-state index is 12.6. The van der Waals surface area contributed by atoms with E-state index in [-0.39, 0.29) is 12.1 Å². The number of nitrogens with one attached hydrogen (secondary N) is 2. The van der Waals surface area contributed by atoms with Gasteiger partial charge in [-0.2, -0.15) is 34.9 Å². The van der Waals surface area contributed by atoms with Gasteiger partial charge in [-0.15, -0.1) is 0 Å². The van der Waals surface area contributed by atoms with Gasteiger partial charge in [-0.25, -0.2) is 0 Å². The van der Waals surface area contributed by atoms with Gasteiger partial charge in [0.15, 0.2) is 0 Å². The number of hydrogen-bond donors (Lipinski definition) is 2. The fourth-order valence-corrected chi connectivity index (χ4v) is 7.88. The SMILES string of the molecule is CC1CCCN(S(=O)(=O)NC2CCC(NS(=O)(=O)N3CCCC(C)C3)CC2)C1. The van der Waals surface area contributed by atoms with E-state index in [9.17, 15) is 16.8 Å². The van der Waals surface area contributed by atoms with Crippen LogP contribution in [0.15, 0.2) is 0 Å². The molecule has 0 aromatic carbocycles. The van der Waals surface area contributed by atoms with E-state index >= 15 is 0 Å². The van der Waals surface area contributed by atoms with Crippen molar-refractivity contribution in [1.82, 2.24) is 18.1 Å². The predicted octanol–water partition coefficient (Wildman–Crippen LogP) is 1.43. The second-order valence-electron chi connectivity index (χ2n) is 9.01. The van der Waals surface area contributed by atoms with Crippen LogP contribution >= 0.6 is 0 Å². The molecule has 0 amide bonds. The first kappa shape index (κ1) is 22.4. The number of piperidine rings is 2. The second-order valence-corrected chi connectivity index (χ2v) is 12.4. The molecule has 2 saturated heterocycles. The van der Waals surface area contributed by atoms with Gasteiger partial charge in [-0.3, -0.25) is 0 Å². The van der Waals surface area contributed by atoms with Crippen molar-refractivity contribution in [3.05, 3.63) is 0 Å². The molecule has 0 bridgehead atoms. The first-order chi connectivity index (χ1) is 13.2.